The van der Waals surface area contributed by atoms with Crippen molar-refractivity contribution in [3.8, 4) is 22.6 Å². The van der Waals surface area contributed by atoms with Crippen molar-refractivity contribution >= 4 is 0 Å². The van der Waals surface area contributed by atoms with Gasteiger partial charge in [0.25, 0.3) is 0 Å². The van der Waals surface area contributed by atoms with Crippen molar-refractivity contribution in [3.63, 3.8) is 0 Å². The maximum atomic E-state index is 4.72. The first-order valence-corrected chi connectivity index (χ1v) is 6.89. The van der Waals surface area contributed by atoms with Crippen molar-refractivity contribution in [2.75, 3.05) is 0 Å². The summed E-state index contributed by atoms with van der Waals surface area (Å²) in [6, 6.07) is 3.96. The molecule has 0 bridgehead atoms. The first kappa shape index (κ1) is 12.1. The molecular weight excluding hydrogens is 262 g/mol. The Labute approximate surface area is 122 Å². The highest BCUT2D eigenvalue weighted by Crippen LogP contribution is 2.30. The van der Waals surface area contributed by atoms with Gasteiger partial charge in [-0.2, -0.15) is 0 Å². The lowest BCUT2D eigenvalue weighted by Gasteiger charge is -2.17. The smallest absolute Gasteiger partial charge is 0.161 e. The third-order valence-electron chi connectivity index (χ3n) is 3.72. The van der Waals surface area contributed by atoms with Crippen molar-refractivity contribution in [1.29, 1.82) is 0 Å². The molecule has 0 N–H and O–H groups in total. The van der Waals surface area contributed by atoms with Crippen molar-refractivity contribution in [1.82, 2.24) is 24.9 Å². The molecule has 0 aromatic carbocycles. The fraction of sp³-hybridized carbons (Fsp3) is 0.188. The van der Waals surface area contributed by atoms with Crippen LogP contribution in [0, 0.1) is 6.92 Å². The van der Waals surface area contributed by atoms with E-state index >= 15 is 0 Å². The van der Waals surface area contributed by atoms with Gasteiger partial charge in [-0.25, -0.2) is 19.9 Å². The Morgan fingerprint density at radius 3 is 2.76 bits per heavy atom. The zero-order valence-corrected chi connectivity index (χ0v) is 11.6. The van der Waals surface area contributed by atoms with Crippen molar-refractivity contribution in [2.45, 2.75) is 19.8 Å². The molecular formula is C16H13N5. The monoisotopic (exact) mass is 275 g/mol. The first-order valence-electron chi connectivity index (χ1n) is 6.89. The van der Waals surface area contributed by atoms with Crippen LogP contribution >= 0.6 is 0 Å². The molecule has 0 amide bonds. The predicted molar refractivity (Wildman–Crippen MR) is 78.4 cm³/mol. The molecule has 4 rings (SSSR count). The van der Waals surface area contributed by atoms with E-state index in [4.69, 9.17) is 4.98 Å². The van der Waals surface area contributed by atoms with Crippen molar-refractivity contribution < 1.29 is 0 Å². The normalized spacial score (nSPS) is 12.6. The zero-order chi connectivity index (χ0) is 14.2. The lowest BCUT2D eigenvalue weighted by molar-refractivity contribution is 0.863. The number of pyridine rings is 1. The number of rotatable bonds is 1. The minimum absolute atomic E-state index is 0.693. The Morgan fingerprint density at radius 2 is 1.90 bits per heavy atom. The summed E-state index contributed by atoms with van der Waals surface area (Å²) in [6.07, 6.45) is 8.99. The lowest BCUT2D eigenvalue weighted by atomic mass is 9.94. The molecule has 0 spiro atoms. The molecule has 102 valence electrons. The van der Waals surface area contributed by atoms with Gasteiger partial charge in [0.15, 0.2) is 5.82 Å². The Bertz CT molecular complexity index is 811. The highest BCUT2D eigenvalue weighted by Gasteiger charge is 2.19. The van der Waals surface area contributed by atoms with E-state index < -0.39 is 0 Å². The Kier molecular flexibility index (Phi) is 2.70. The fourth-order valence-corrected chi connectivity index (χ4v) is 2.57. The SMILES string of the molecule is Cc1ccc(-c2ncc3c(n2)-c2cncnc2CC3)cn1. The summed E-state index contributed by atoms with van der Waals surface area (Å²) in [6.45, 7) is 1.96. The van der Waals surface area contributed by atoms with Crippen LogP contribution < -0.4 is 0 Å². The summed E-state index contributed by atoms with van der Waals surface area (Å²) in [4.78, 5) is 22.0. The fourth-order valence-electron chi connectivity index (χ4n) is 2.57. The number of hydrogen-bond acceptors (Lipinski definition) is 5. The predicted octanol–water partition coefficient (Wildman–Crippen LogP) is 2.40. The summed E-state index contributed by atoms with van der Waals surface area (Å²) in [5.74, 6) is 0.693. The van der Waals surface area contributed by atoms with Gasteiger partial charge in [0.05, 0.1) is 11.4 Å². The molecule has 1 aliphatic rings. The molecule has 0 fully saturated rings. The second-order valence-electron chi connectivity index (χ2n) is 5.14. The molecule has 0 atom stereocenters. The van der Waals surface area contributed by atoms with E-state index in [1.165, 1.54) is 0 Å². The van der Waals surface area contributed by atoms with Gasteiger partial charge in [0.2, 0.25) is 0 Å². The molecule has 5 nitrogen and oxygen atoms in total. The van der Waals surface area contributed by atoms with Crippen molar-refractivity contribution in [2.24, 2.45) is 0 Å². The molecule has 0 unspecified atom stereocenters. The lowest BCUT2D eigenvalue weighted by Crippen LogP contribution is -2.09. The van der Waals surface area contributed by atoms with E-state index in [9.17, 15) is 0 Å². The molecule has 3 heterocycles. The standard InChI is InChI=1S/C16H13N5/c1-10-2-3-12(7-18-10)16-19-6-11-4-5-14-13(15(11)21-16)8-17-9-20-14/h2-3,6-9H,4-5H2,1H3. The highest BCUT2D eigenvalue weighted by molar-refractivity contribution is 5.69. The number of nitrogens with zero attached hydrogens (tertiary/aromatic N) is 5. The second kappa shape index (κ2) is 4.70. The van der Waals surface area contributed by atoms with Crippen LogP contribution in [0.5, 0.6) is 0 Å². The third kappa shape index (κ3) is 2.07. The largest absolute Gasteiger partial charge is 0.261 e. The average Bonchev–Trinajstić information content (AvgIpc) is 2.55. The van der Waals surface area contributed by atoms with E-state index in [0.717, 1.165) is 46.6 Å². The van der Waals surface area contributed by atoms with Gasteiger partial charge in [0, 0.05) is 35.4 Å². The zero-order valence-electron chi connectivity index (χ0n) is 11.6. The minimum atomic E-state index is 0.693. The van der Waals surface area contributed by atoms with Gasteiger partial charge < -0.3 is 0 Å². The van der Waals surface area contributed by atoms with E-state index in [-0.39, 0.29) is 0 Å². The van der Waals surface area contributed by atoms with E-state index in [0.29, 0.717) is 5.82 Å². The van der Waals surface area contributed by atoms with Gasteiger partial charge in [0.1, 0.15) is 6.33 Å². The Hall–Kier alpha value is -2.69. The molecule has 5 heteroatoms. The first-order chi connectivity index (χ1) is 10.3. The average molecular weight is 275 g/mol. The quantitative estimate of drug-likeness (QED) is 0.682. The van der Waals surface area contributed by atoms with Gasteiger partial charge in [-0.05, 0) is 37.5 Å². The third-order valence-corrected chi connectivity index (χ3v) is 3.72. The van der Waals surface area contributed by atoms with Crippen LogP contribution in [0.15, 0.2) is 37.1 Å². The molecule has 0 radical (unpaired) electrons. The van der Waals surface area contributed by atoms with E-state index in [2.05, 4.69) is 19.9 Å². The van der Waals surface area contributed by atoms with Crippen LogP contribution in [0.2, 0.25) is 0 Å². The second-order valence-corrected chi connectivity index (χ2v) is 5.14. The summed E-state index contributed by atoms with van der Waals surface area (Å²) >= 11 is 0. The summed E-state index contributed by atoms with van der Waals surface area (Å²) in [5.41, 5.74) is 6.08. The van der Waals surface area contributed by atoms with Crippen LogP contribution in [0.4, 0.5) is 0 Å². The molecule has 0 aliphatic heterocycles. The molecule has 3 aromatic heterocycles. The van der Waals surface area contributed by atoms with E-state index in [1.54, 1.807) is 6.33 Å². The maximum absolute atomic E-state index is 4.72. The summed E-state index contributed by atoms with van der Waals surface area (Å²) in [5, 5.41) is 0. The number of aromatic nitrogens is 5. The van der Waals surface area contributed by atoms with E-state index in [1.807, 2.05) is 37.6 Å². The van der Waals surface area contributed by atoms with Crippen LogP contribution in [0.3, 0.4) is 0 Å². The molecule has 3 aromatic rings. The topological polar surface area (TPSA) is 64.5 Å². The summed E-state index contributed by atoms with van der Waals surface area (Å²) in [7, 11) is 0. The number of hydrogen-bond donors (Lipinski definition) is 0. The van der Waals surface area contributed by atoms with Crippen molar-refractivity contribution in [3.05, 3.63) is 54.0 Å². The molecule has 0 saturated carbocycles. The molecule has 0 saturated heterocycles. The van der Waals surface area contributed by atoms with Gasteiger partial charge in [-0.15, -0.1) is 0 Å². The van der Waals surface area contributed by atoms with Gasteiger partial charge in [-0.1, -0.05) is 0 Å². The van der Waals surface area contributed by atoms with Crippen LogP contribution in [-0.4, -0.2) is 24.9 Å². The minimum Gasteiger partial charge on any atom is -0.261 e. The Balaban J connectivity index is 1.86. The van der Waals surface area contributed by atoms with Crippen LogP contribution in [0.25, 0.3) is 22.6 Å². The van der Waals surface area contributed by atoms with Crippen LogP contribution in [0.1, 0.15) is 17.0 Å². The summed E-state index contributed by atoms with van der Waals surface area (Å²) < 4.78 is 0. The molecule has 1 aliphatic carbocycles. The van der Waals surface area contributed by atoms with Gasteiger partial charge in [-0.3, -0.25) is 4.98 Å². The molecule has 21 heavy (non-hydrogen) atoms. The number of fused-ring (bicyclic) bond motifs is 3. The Morgan fingerprint density at radius 1 is 0.952 bits per heavy atom. The number of aryl methyl sites for hydroxylation is 3. The van der Waals surface area contributed by atoms with Gasteiger partial charge >= 0.3 is 0 Å². The van der Waals surface area contributed by atoms with Crippen LogP contribution in [-0.2, 0) is 12.8 Å². The highest BCUT2D eigenvalue weighted by atomic mass is 14.9. The maximum Gasteiger partial charge on any atom is 0.161 e.